The van der Waals surface area contributed by atoms with Gasteiger partial charge in [-0.05, 0) is 13.0 Å². The lowest BCUT2D eigenvalue weighted by Gasteiger charge is -2.13. The second kappa shape index (κ2) is 8.79. The van der Waals surface area contributed by atoms with Gasteiger partial charge in [-0.15, -0.1) is 11.6 Å². The Balaban J connectivity index is 2.57. The SMILES string of the molecule is COCCC(C)Oc1cncc(C#CCCCl)c1. The molecule has 0 saturated carbocycles. The maximum atomic E-state index is 5.73. The summed E-state index contributed by atoms with van der Waals surface area (Å²) in [5.74, 6) is 7.25. The molecule has 1 unspecified atom stereocenters. The van der Waals surface area contributed by atoms with E-state index in [-0.39, 0.29) is 6.10 Å². The molecule has 0 aliphatic carbocycles. The molecule has 0 fully saturated rings. The molecule has 0 aliphatic heterocycles. The summed E-state index contributed by atoms with van der Waals surface area (Å²) in [5, 5.41) is 0. The lowest BCUT2D eigenvalue weighted by atomic mass is 10.2. The van der Waals surface area contributed by atoms with E-state index in [0.717, 1.165) is 17.7 Å². The Labute approximate surface area is 113 Å². The van der Waals surface area contributed by atoms with Crippen molar-refractivity contribution in [2.45, 2.75) is 25.9 Å². The predicted octanol–water partition coefficient (Wildman–Crippen LogP) is 2.87. The van der Waals surface area contributed by atoms with E-state index in [4.69, 9.17) is 21.1 Å². The van der Waals surface area contributed by atoms with E-state index in [1.54, 1.807) is 19.5 Å². The molecule has 0 amide bonds. The van der Waals surface area contributed by atoms with E-state index in [2.05, 4.69) is 16.8 Å². The normalized spacial score (nSPS) is 11.5. The van der Waals surface area contributed by atoms with E-state index in [1.165, 1.54) is 0 Å². The van der Waals surface area contributed by atoms with Crippen molar-refractivity contribution in [2.24, 2.45) is 0 Å². The fourth-order valence-corrected chi connectivity index (χ4v) is 1.43. The van der Waals surface area contributed by atoms with Gasteiger partial charge in [-0.2, -0.15) is 0 Å². The van der Waals surface area contributed by atoms with E-state index < -0.39 is 0 Å². The van der Waals surface area contributed by atoms with Crippen molar-refractivity contribution >= 4 is 11.6 Å². The summed E-state index contributed by atoms with van der Waals surface area (Å²) in [6, 6.07) is 1.89. The number of hydrogen-bond acceptors (Lipinski definition) is 3. The molecule has 0 aliphatic rings. The summed E-state index contributed by atoms with van der Waals surface area (Å²) in [4.78, 5) is 4.10. The molecule has 0 radical (unpaired) electrons. The monoisotopic (exact) mass is 267 g/mol. The Bertz CT molecular complexity index is 412. The molecule has 18 heavy (non-hydrogen) atoms. The number of aromatic nitrogens is 1. The van der Waals surface area contributed by atoms with Gasteiger partial charge < -0.3 is 9.47 Å². The standard InChI is InChI=1S/C14H18ClNO2/c1-12(6-8-17-2)18-14-9-13(10-16-11-14)5-3-4-7-15/h9-12H,4,6-8H2,1-2H3. The van der Waals surface area contributed by atoms with Crippen LogP contribution in [0.25, 0.3) is 0 Å². The highest BCUT2D eigenvalue weighted by Crippen LogP contribution is 2.13. The molecule has 0 saturated heterocycles. The van der Waals surface area contributed by atoms with E-state index in [1.807, 2.05) is 13.0 Å². The zero-order valence-corrected chi connectivity index (χ0v) is 11.5. The van der Waals surface area contributed by atoms with Gasteiger partial charge in [0.1, 0.15) is 5.75 Å². The Morgan fingerprint density at radius 1 is 1.44 bits per heavy atom. The number of nitrogens with zero attached hydrogens (tertiary/aromatic N) is 1. The average molecular weight is 268 g/mol. The molecular weight excluding hydrogens is 250 g/mol. The highest BCUT2D eigenvalue weighted by Gasteiger charge is 2.04. The number of alkyl halides is 1. The van der Waals surface area contributed by atoms with Crippen LogP contribution in [0.1, 0.15) is 25.3 Å². The number of rotatable bonds is 6. The fraction of sp³-hybridized carbons (Fsp3) is 0.500. The van der Waals surface area contributed by atoms with Crippen molar-refractivity contribution in [1.29, 1.82) is 0 Å². The molecule has 0 spiro atoms. The summed E-state index contributed by atoms with van der Waals surface area (Å²) in [7, 11) is 1.68. The third-order valence-electron chi connectivity index (χ3n) is 2.23. The van der Waals surface area contributed by atoms with Crippen LogP contribution in [0.2, 0.25) is 0 Å². The molecule has 1 heterocycles. The Morgan fingerprint density at radius 2 is 2.28 bits per heavy atom. The molecule has 4 heteroatoms. The maximum absolute atomic E-state index is 5.73. The summed E-state index contributed by atoms with van der Waals surface area (Å²) in [6.07, 6.45) is 5.03. The van der Waals surface area contributed by atoms with Crippen molar-refractivity contribution in [3.63, 3.8) is 0 Å². The molecule has 3 nitrogen and oxygen atoms in total. The van der Waals surface area contributed by atoms with Crippen molar-refractivity contribution in [1.82, 2.24) is 4.98 Å². The summed E-state index contributed by atoms with van der Waals surface area (Å²) in [6.45, 7) is 2.69. The Kier molecular flexibility index (Phi) is 7.24. The van der Waals surface area contributed by atoms with Crippen molar-refractivity contribution in [3.8, 4) is 17.6 Å². The summed E-state index contributed by atoms with van der Waals surface area (Å²) >= 11 is 5.56. The smallest absolute Gasteiger partial charge is 0.139 e. The van der Waals surface area contributed by atoms with Gasteiger partial charge in [-0.25, -0.2) is 0 Å². The van der Waals surface area contributed by atoms with Crippen LogP contribution in [0.5, 0.6) is 5.75 Å². The molecule has 98 valence electrons. The first kappa shape index (κ1) is 14.8. The average Bonchev–Trinajstić information content (AvgIpc) is 2.37. The van der Waals surface area contributed by atoms with Crippen LogP contribution in [0, 0.1) is 11.8 Å². The molecule has 1 atom stereocenters. The first-order valence-electron chi connectivity index (χ1n) is 5.91. The molecule has 1 rings (SSSR count). The summed E-state index contributed by atoms with van der Waals surface area (Å²) in [5.41, 5.74) is 0.844. The van der Waals surface area contributed by atoms with Gasteiger partial charge in [0, 0.05) is 44.2 Å². The van der Waals surface area contributed by atoms with Crippen LogP contribution >= 0.6 is 11.6 Å². The Hall–Kier alpha value is -1.24. The van der Waals surface area contributed by atoms with Crippen molar-refractivity contribution in [3.05, 3.63) is 24.0 Å². The van der Waals surface area contributed by atoms with Gasteiger partial charge in [0.25, 0.3) is 0 Å². The van der Waals surface area contributed by atoms with E-state index in [9.17, 15) is 0 Å². The molecule has 1 aromatic rings. The van der Waals surface area contributed by atoms with Crippen molar-refractivity contribution in [2.75, 3.05) is 19.6 Å². The quantitative estimate of drug-likeness (QED) is 0.587. The number of hydrogen-bond donors (Lipinski definition) is 0. The number of ether oxygens (including phenoxy) is 2. The number of methoxy groups -OCH3 is 1. The molecular formula is C14H18ClNO2. The van der Waals surface area contributed by atoms with E-state index >= 15 is 0 Å². The van der Waals surface area contributed by atoms with Crippen molar-refractivity contribution < 1.29 is 9.47 Å². The zero-order chi connectivity index (χ0) is 13.2. The van der Waals surface area contributed by atoms with E-state index in [0.29, 0.717) is 18.9 Å². The third-order valence-corrected chi connectivity index (χ3v) is 2.42. The lowest BCUT2D eigenvalue weighted by Crippen LogP contribution is -2.14. The minimum Gasteiger partial charge on any atom is -0.489 e. The second-order valence-electron chi connectivity index (χ2n) is 3.86. The Morgan fingerprint density at radius 3 is 3.00 bits per heavy atom. The highest BCUT2D eigenvalue weighted by atomic mass is 35.5. The number of pyridine rings is 1. The first-order valence-corrected chi connectivity index (χ1v) is 6.45. The van der Waals surface area contributed by atoms with Gasteiger partial charge in [-0.1, -0.05) is 11.8 Å². The van der Waals surface area contributed by atoms with Crippen LogP contribution in [0.15, 0.2) is 18.5 Å². The fourth-order valence-electron chi connectivity index (χ4n) is 1.34. The van der Waals surface area contributed by atoms with Crippen LogP contribution < -0.4 is 4.74 Å². The van der Waals surface area contributed by atoms with Gasteiger partial charge in [0.2, 0.25) is 0 Å². The minimum atomic E-state index is 0.0952. The van der Waals surface area contributed by atoms with Crippen LogP contribution in [0.3, 0.4) is 0 Å². The lowest BCUT2D eigenvalue weighted by molar-refractivity contribution is 0.135. The van der Waals surface area contributed by atoms with Gasteiger partial charge in [-0.3, -0.25) is 4.98 Å². The maximum Gasteiger partial charge on any atom is 0.139 e. The molecule has 1 aromatic heterocycles. The zero-order valence-electron chi connectivity index (χ0n) is 10.8. The number of halogens is 1. The minimum absolute atomic E-state index is 0.0952. The van der Waals surface area contributed by atoms with Crippen LogP contribution in [0.4, 0.5) is 0 Å². The molecule has 0 N–H and O–H groups in total. The molecule has 0 bridgehead atoms. The first-order chi connectivity index (χ1) is 8.76. The predicted molar refractivity (Wildman–Crippen MR) is 73.0 cm³/mol. The van der Waals surface area contributed by atoms with Crippen LogP contribution in [-0.4, -0.2) is 30.7 Å². The largest absolute Gasteiger partial charge is 0.489 e. The highest BCUT2D eigenvalue weighted by molar-refractivity contribution is 6.18. The van der Waals surface area contributed by atoms with Gasteiger partial charge in [0.05, 0.1) is 12.3 Å². The summed E-state index contributed by atoms with van der Waals surface area (Å²) < 4.78 is 10.7. The third kappa shape index (κ3) is 5.90. The molecule has 0 aromatic carbocycles. The van der Waals surface area contributed by atoms with Gasteiger partial charge in [0.15, 0.2) is 0 Å². The van der Waals surface area contributed by atoms with Gasteiger partial charge >= 0.3 is 0 Å². The topological polar surface area (TPSA) is 31.4 Å². The van der Waals surface area contributed by atoms with Crippen LogP contribution in [-0.2, 0) is 4.74 Å². The second-order valence-corrected chi connectivity index (χ2v) is 4.24.